The molecule has 3 aromatic rings. The number of benzene rings is 2. The molecule has 5 rings (SSSR count). The van der Waals surface area contributed by atoms with Crippen LogP contribution in [-0.4, -0.2) is 17.4 Å². The average Bonchev–Trinajstić information content (AvgIpc) is 3.31. The summed E-state index contributed by atoms with van der Waals surface area (Å²) in [5, 5.41) is 2.02. The molecule has 0 spiro atoms. The molecule has 142 valence electrons. The minimum atomic E-state index is 0.160. The number of aryl methyl sites for hydroxylation is 1. The van der Waals surface area contributed by atoms with Crippen LogP contribution in [0.3, 0.4) is 0 Å². The third kappa shape index (κ3) is 3.18. The Morgan fingerprint density at radius 2 is 1.79 bits per heavy atom. The molecule has 0 unspecified atom stereocenters. The van der Waals surface area contributed by atoms with Crippen molar-refractivity contribution in [2.45, 2.75) is 44.6 Å². The highest BCUT2D eigenvalue weighted by atomic mass is 32.1. The maximum Gasteiger partial charge on any atom is 0.264 e. The topological polar surface area (TPSA) is 20.3 Å². The minimum Gasteiger partial charge on any atom is -0.331 e. The third-order valence-corrected chi connectivity index (χ3v) is 7.16. The van der Waals surface area contributed by atoms with Gasteiger partial charge in [0.15, 0.2) is 0 Å². The van der Waals surface area contributed by atoms with Crippen molar-refractivity contribution in [1.29, 1.82) is 0 Å². The number of amides is 1. The molecule has 1 atom stereocenters. The molecule has 1 aliphatic carbocycles. The number of carbonyl (C=O) groups is 1. The van der Waals surface area contributed by atoms with E-state index in [1.165, 1.54) is 35.1 Å². The summed E-state index contributed by atoms with van der Waals surface area (Å²) < 4.78 is 0. The molecule has 1 saturated heterocycles. The Morgan fingerprint density at radius 1 is 1.00 bits per heavy atom. The standard InChI is InChI=1S/C25H25NOS/c1-17-14-16-28-24(17)25(27)26-15-4-7-23(26)22-6-3-2-5-21(22)20-12-10-19(11-13-20)18-8-9-18/h2-3,5-6,10-14,16,18,23H,4,7-9,15H2,1H3/t23-/m1/s1. The Balaban J connectivity index is 1.48. The summed E-state index contributed by atoms with van der Waals surface area (Å²) in [4.78, 5) is 16.2. The molecule has 2 aromatic carbocycles. The fourth-order valence-corrected chi connectivity index (χ4v) is 5.34. The van der Waals surface area contributed by atoms with Crippen molar-refractivity contribution in [3.8, 4) is 11.1 Å². The van der Waals surface area contributed by atoms with Gasteiger partial charge in [-0.05, 0) is 77.8 Å². The Hall–Kier alpha value is -2.39. The number of hydrogen-bond acceptors (Lipinski definition) is 2. The van der Waals surface area contributed by atoms with Gasteiger partial charge in [-0.2, -0.15) is 0 Å². The van der Waals surface area contributed by atoms with Gasteiger partial charge >= 0.3 is 0 Å². The lowest BCUT2D eigenvalue weighted by Crippen LogP contribution is -2.30. The van der Waals surface area contributed by atoms with Crippen LogP contribution in [0.1, 0.15) is 64.0 Å². The monoisotopic (exact) mass is 387 g/mol. The number of nitrogens with zero attached hydrogens (tertiary/aromatic N) is 1. The van der Waals surface area contributed by atoms with Crippen molar-refractivity contribution >= 4 is 17.2 Å². The van der Waals surface area contributed by atoms with Gasteiger partial charge in [-0.25, -0.2) is 0 Å². The van der Waals surface area contributed by atoms with E-state index in [9.17, 15) is 4.79 Å². The van der Waals surface area contributed by atoms with Crippen LogP contribution in [0.25, 0.3) is 11.1 Å². The third-order valence-electron chi connectivity index (χ3n) is 6.16. The minimum absolute atomic E-state index is 0.160. The van der Waals surface area contributed by atoms with Crippen molar-refractivity contribution in [1.82, 2.24) is 4.90 Å². The van der Waals surface area contributed by atoms with Crippen molar-refractivity contribution < 1.29 is 4.79 Å². The van der Waals surface area contributed by atoms with Crippen LogP contribution in [0.4, 0.5) is 0 Å². The number of rotatable bonds is 4. The summed E-state index contributed by atoms with van der Waals surface area (Å²) in [6.07, 6.45) is 4.76. The van der Waals surface area contributed by atoms with E-state index in [-0.39, 0.29) is 11.9 Å². The van der Waals surface area contributed by atoms with Crippen LogP contribution < -0.4 is 0 Å². The zero-order valence-corrected chi connectivity index (χ0v) is 17.0. The summed E-state index contributed by atoms with van der Waals surface area (Å²) in [5.41, 5.74) is 6.35. The Morgan fingerprint density at radius 3 is 2.50 bits per heavy atom. The average molecular weight is 388 g/mol. The molecule has 2 fully saturated rings. The summed E-state index contributed by atoms with van der Waals surface area (Å²) in [6, 6.07) is 19.9. The SMILES string of the molecule is Cc1ccsc1C(=O)N1CCC[C@@H]1c1ccccc1-c1ccc(C2CC2)cc1. The first kappa shape index (κ1) is 17.7. The fourth-order valence-electron chi connectivity index (χ4n) is 4.46. The molecule has 2 nitrogen and oxygen atoms in total. The highest BCUT2D eigenvalue weighted by Crippen LogP contribution is 2.42. The molecule has 0 N–H and O–H groups in total. The van der Waals surface area contributed by atoms with Crippen LogP contribution in [0, 0.1) is 6.92 Å². The second kappa shape index (κ2) is 7.21. The molecule has 1 aromatic heterocycles. The molecule has 1 saturated carbocycles. The normalized spacial score (nSPS) is 19.2. The fraction of sp³-hybridized carbons (Fsp3) is 0.320. The van der Waals surface area contributed by atoms with Crippen molar-refractivity contribution in [2.24, 2.45) is 0 Å². The molecular formula is C25H25NOS. The van der Waals surface area contributed by atoms with Gasteiger partial charge in [-0.3, -0.25) is 4.79 Å². The van der Waals surface area contributed by atoms with E-state index in [0.717, 1.165) is 35.7 Å². The molecule has 3 heteroatoms. The number of likely N-dealkylation sites (tertiary alicyclic amines) is 1. The van der Waals surface area contributed by atoms with Gasteiger partial charge in [0.05, 0.1) is 10.9 Å². The van der Waals surface area contributed by atoms with Gasteiger partial charge < -0.3 is 4.90 Å². The lowest BCUT2D eigenvalue weighted by atomic mass is 9.92. The molecular weight excluding hydrogens is 362 g/mol. The molecule has 28 heavy (non-hydrogen) atoms. The van der Waals surface area contributed by atoms with Crippen LogP contribution in [0.15, 0.2) is 60.0 Å². The first-order valence-corrected chi connectivity index (χ1v) is 11.1. The van der Waals surface area contributed by atoms with E-state index in [2.05, 4.69) is 53.4 Å². The molecule has 0 radical (unpaired) electrons. The van der Waals surface area contributed by atoms with E-state index < -0.39 is 0 Å². The Labute approximate surface area is 170 Å². The zero-order chi connectivity index (χ0) is 19.1. The maximum absolute atomic E-state index is 13.2. The smallest absolute Gasteiger partial charge is 0.264 e. The summed E-state index contributed by atoms with van der Waals surface area (Å²) in [7, 11) is 0. The highest BCUT2D eigenvalue weighted by Gasteiger charge is 2.33. The first-order valence-electron chi connectivity index (χ1n) is 10.3. The van der Waals surface area contributed by atoms with E-state index in [1.54, 1.807) is 11.3 Å². The Kier molecular flexibility index (Phi) is 4.56. The summed E-state index contributed by atoms with van der Waals surface area (Å²) in [5.74, 6) is 0.968. The van der Waals surface area contributed by atoms with Crippen LogP contribution >= 0.6 is 11.3 Å². The summed E-state index contributed by atoms with van der Waals surface area (Å²) >= 11 is 1.56. The van der Waals surface area contributed by atoms with Crippen molar-refractivity contribution in [3.05, 3.63) is 81.5 Å². The van der Waals surface area contributed by atoms with Crippen LogP contribution in [0.5, 0.6) is 0 Å². The zero-order valence-electron chi connectivity index (χ0n) is 16.2. The summed E-state index contributed by atoms with van der Waals surface area (Å²) in [6.45, 7) is 2.87. The number of carbonyl (C=O) groups excluding carboxylic acids is 1. The van der Waals surface area contributed by atoms with Gasteiger partial charge in [-0.1, -0.05) is 48.5 Å². The van der Waals surface area contributed by atoms with Crippen LogP contribution in [0.2, 0.25) is 0 Å². The lowest BCUT2D eigenvalue weighted by molar-refractivity contribution is 0.0740. The molecule has 0 bridgehead atoms. The first-order chi connectivity index (χ1) is 13.7. The van der Waals surface area contributed by atoms with Gasteiger partial charge in [-0.15, -0.1) is 11.3 Å². The Bertz CT molecular complexity index is 999. The van der Waals surface area contributed by atoms with E-state index in [4.69, 9.17) is 0 Å². The van der Waals surface area contributed by atoms with Gasteiger partial charge in [0.2, 0.25) is 0 Å². The second-order valence-corrected chi connectivity index (χ2v) is 8.99. The van der Waals surface area contributed by atoms with E-state index in [0.29, 0.717) is 0 Å². The highest BCUT2D eigenvalue weighted by molar-refractivity contribution is 7.12. The quantitative estimate of drug-likeness (QED) is 0.495. The van der Waals surface area contributed by atoms with Gasteiger partial charge in [0.25, 0.3) is 5.91 Å². The molecule has 2 aliphatic rings. The predicted molar refractivity (Wildman–Crippen MR) is 116 cm³/mol. The van der Waals surface area contributed by atoms with E-state index in [1.807, 2.05) is 18.4 Å². The van der Waals surface area contributed by atoms with E-state index >= 15 is 0 Å². The second-order valence-electron chi connectivity index (χ2n) is 8.07. The largest absolute Gasteiger partial charge is 0.331 e. The lowest BCUT2D eigenvalue weighted by Gasteiger charge is -2.27. The molecule has 1 aliphatic heterocycles. The number of hydrogen-bond donors (Lipinski definition) is 0. The van der Waals surface area contributed by atoms with Gasteiger partial charge in [0, 0.05) is 6.54 Å². The number of thiophene rings is 1. The molecule has 1 amide bonds. The van der Waals surface area contributed by atoms with Crippen LogP contribution in [-0.2, 0) is 0 Å². The van der Waals surface area contributed by atoms with Gasteiger partial charge in [0.1, 0.15) is 0 Å². The van der Waals surface area contributed by atoms with Crippen molar-refractivity contribution in [2.75, 3.05) is 6.54 Å². The predicted octanol–water partition coefficient (Wildman–Crippen LogP) is 6.58. The molecule has 2 heterocycles. The maximum atomic E-state index is 13.2. The van der Waals surface area contributed by atoms with Crippen molar-refractivity contribution in [3.63, 3.8) is 0 Å².